The third-order valence-electron chi connectivity index (χ3n) is 3.54. The first-order valence-electron chi connectivity index (χ1n) is 6.26. The van der Waals surface area contributed by atoms with Gasteiger partial charge in [-0.05, 0) is 36.5 Å². The molecule has 1 unspecified atom stereocenters. The average Bonchev–Trinajstić information content (AvgIpc) is 3.00. The smallest absolute Gasteiger partial charge is 0.119 e. The molecule has 86 valence electrons. The van der Waals surface area contributed by atoms with Crippen molar-refractivity contribution in [2.75, 3.05) is 13.2 Å². The topological polar surface area (TPSA) is 21.8 Å². The van der Waals surface area contributed by atoms with Crippen LogP contribution in [0.2, 0.25) is 0 Å². The monoisotopic (exact) mass is 218 g/mol. The molecule has 0 N–H and O–H groups in total. The van der Waals surface area contributed by atoms with Crippen LogP contribution in [-0.4, -0.2) is 19.3 Å². The Morgan fingerprint density at radius 1 is 1.12 bits per heavy atom. The molecule has 3 rings (SSSR count). The Balaban J connectivity index is 1.59. The summed E-state index contributed by atoms with van der Waals surface area (Å²) in [5.41, 5.74) is 1.48. The first kappa shape index (κ1) is 10.2. The van der Waals surface area contributed by atoms with Gasteiger partial charge in [-0.15, -0.1) is 0 Å². The summed E-state index contributed by atoms with van der Waals surface area (Å²) >= 11 is 0. The zero-order chi connectivity index (χ0) is 10.8. The summed E-state index contributed by atoms with van der Waals surface area (Å²) in [6, 6.07) is 8.63. The van der Waals surface area contributed by atoms with Crippen LogP contribution < -0.4 is 4.74 Å². The normalized spacial score (nSPS) is 24.6. The highest BCUT2D eigenvalue weighted by Gasteiger charge is 2.23. The number of hydrogen-bond acceptors (Lipinski definition) is 2. The van der Waals surface area contributed by atoms with Crippen molar-refractivity contribution in [1.82, 2.24) is 0 Å². The molecule has 2 aliphatic rings. The molecule has 2 heteroatoms. The summed E-state index contributed by atoms with van der Waals surface area (Å²) in [6.07, 6.45) is 5.84. The zero-order valence-corrected chi connectivity index (χ0v) is 9.52. The van der Waals surface area contributed by atoms with E-state index < -0.39 is 0 Å². The minimum absolute atomic E-state index is 0.342. The van der Waals surface area contributed by atoms with Crippen molar-refractivity contribution in [3.8, 4) is 5.75 Å². The molecule has 0 spiro atoms. The average molecular weight is 218 g/mol. The second-order valence-electron chi connectivity index (χ2n) is 4.82. The lowest BCUT2D eigenvalue weighted by Gasteiger charge is -2.10. The van der Waals surface area contributed by atoms with Gasteiger partial charge in [0.25, 0.3) is 0 Å². The molecule has 0 radical (unpaired) electrons. The third kappa shape index (κ3) is 2.38. The summed E-state index contributed by atoms with van der Waals surface area (Å²) in [6.45, 7) is 1.56. The molecule has 0 amide bonds. The maximum absolute atomic E-state index is 5.62. The minimum Gasteiger partial charge on any atom is -0.491 e. The van der Waals surface area contributed by atoms with E-state index in [2.05, 4.69) is 24.3 Å². The van der Waals surface area contributed by atoms with Crippen LogP contribution in [0, 0.1) is 0 Å². The molecule has 1 aromatic rings. The molecule has 1 saturated heterocycles. The maximum Gasteiger partial charge on any atom is 0.119 e. The quantitative estimate of drug-likeness (QED) is 0.724. The molecule has 2 fully saturated rings. The Morgan fingerprint density at radius 3 is 2.44 bits per heavy atom. The Morgan fingerprint density at radius 2 is 1.81 bits per heavy atom. The van der Waals surface area contributed by atoms with Crippen LogP contribution in [0.1, 0.15) is 37.2 Å². The van der Waals surface area contributed by atoms with Crippen LogP contribution in [0.5, 0.6) is 5.75 Å². The van der Waals surface area contributed by atoms with E-state index in [4.69, 9.17) is 9.47 Å². The number of benzene rings is 1. The van der Waals surface area contributed by atoms with E-state index in [-0.39, 0.29) is 0 Å². The fourth-order valence-electron chi connectivity index (χ4n) is 2.45. The number of hydrogen-bond donors (Lipinski definition) is 0. The number of epoxide rings is 1. The van der Waals surface area contributed by atoms with E-state index in [1.54, 1.807) is 0 Å². The third-order valence-corrected chi connectivity index (χ3v) is 3.54. The summed E-state index contributed by atoms with van der Waals surface area (Å²) in [7, 11) is 0. The van der Waals surface area contributed by atoms with Crippen molar-refractivity contribution in [3.05, 3.63) is 29.8 Å². The fraction of sp³-hybridized carbons (Fsp3) is 0.571. The Bertz CT molecular complexity index is 334. The van der Waals surface area contributed by atoms with Crippen LogP contribution in [0.3, 0.4) is 0 Å². The summed E-state index contributed by atoms with van der Waals surface area (Å²) in [5.74, 6) is 1.76. The van der Waals surface area contributed by atoms with Gasteiger partial charge in [-0.2, -0.15) is 0 Å². The largest absolute Gasteiger partial charge is 0.491 e. The lowest BCUT2D eigenvalue weighted by atomic mass is 9.98. The highest BCUT2D eigenvalue weighted by molar-refractivity contribution is 5.29. The maximum atomic E-state index is 5.62. The molecule has 0 bridgehead atoms. The first-order valence-corrected chi connectivity index (χ1v) is 6.26. The van der Waals surface area contributed by atoms with Crippen LogP contribution in [-0.2, 0) is 4.74 Å². The van der Waals surface area contributed by atoms with Gasteiger partial charge in [0.2, 0.25) is 0 Å². The molecule has 0 aromatic heterocycles. The predicted octanol–water partition coefficient (Wildman–Crippen LogP) is 3.12. The van der Waals surface area contributed by atoms with Gasteiger partial charge in [-0.3, -0.25) is 0 Å². The highest BCUT2D eigenvalue weighted by atomic mass is 16.6. The number of rotatable bonds is 4. The van der Waals surface area contributed by atoms with E-state index in [1.807, 2.05) is 0 Å². The molecule has 1 saturated carbocycles. The van der Waals surface area contributed by atoms with Crippen molar-refractivity contribution in [3.63, 3.8) is 0 Å². The van der Waals surface area contributed by atoms with Gasteiger partial charge in [0.05, 0.1) is 6.61 Å². The van der Waals surface area contributed by atoms with Crippen LogP contribution in [0.15, 0.2) is 24.3 Å². The van der Waals surface area contributed by atoms with Crippen LogP contribution in [0.25, 0.3) is 0 Å². The first-order chi connectivity index (χ1) is 7.92. The molecule has 1 aliphatic carbocycles. The van der Waals surface area contributed by atoms with Gasteiger partial charge >= 0.3 is 0 Å². The van der Waals surface area contributed by atoms with Crippen molar-refractivity contribution < 1.29 is 9.47 Å². The molecule has 1 aromatic carbocycles. The van der Waals surface area contributed by atoms with Gasteiger partial charge in [0, 0.05) is 0 Å². The van der Waals surface area contributed by atoms with Gasteiger partial charge in [-0.1, -0.05) is 25.0 Å². The molecular formula is C14H18O2. The second-order valence-corrected chi connectivity index (χ2v) is 4.82. The van der Waals surface area contributed by atoms with Crippen LogP contribution >= 0.6 is 0 Å². The SMILES string of the molecule is c1cc(C2CCCC2)ccc1OCC1CO1. The van der Waals surface area contributed by atoms with Gasteiger partial charge in [0.15, 0.2) is 0 Å². The van der Waals surface area contributed by atoms with E-state index in [0.717, 1.165) is 18.3 Å². The molecule has 1 heterocycles. The van der Waals surface area contributed by atoms with Crippen molar-refractivity contribution in [1.29, 1.82) is 0 Å². The lowest BCUT2D eigenvalue weighted by Crippen LogP contribution is -2.04. The zero-order valence-electron chi connectivity index (χ0n) is 9.52. The van der Waals surface area contributed by atoms with Crippen LogP contribution in [0.4, 0.5) is 0 Å². The van der Waals surface area contributed by atoms with Gasteiger partial charge in [0.1, 0.15) is 18.5 Å². The van der Waals surface area contributed by atoms with E-state index >= 15 is 0 Å². The lowest BCUT2D eigenvalue weighted by molar-refractivity contribution is 0.263. The number of ether oxygens (including phenoxy) is 2. The van der Waals surface area contributed by atoms with Crippen molar-refractivity contribution in [2.24, 2.45) is 0 Å². The summed E-state index contributed by atoms with van der Waals surface area (Å²) < 4.78 is 10.7. The fourth-order valence-corrected chi connectivity index (χ4v) is 2.45. The minimum atomic E-state index is 0.342. The molecule has 1 aliphatic heterocycles. The standard InChI is InChI=1S/C14H18O2/c1-2-4-11(3-1)12-5-7-13(8-6-12)15-9-14-10-16-14/h5-8,11,14H,1-4,9-10H2. The summed E-state index contributed by atoms with van der Waals surface area (Å²) in [4.78, 5) is 0. The second kappa shape index (κ2) is 4.46. The van der Waals surface area contributed by atoms with E-state index in [9.17, 15) is 0 Å². The Kier molecular flexibility index (Phi) is 2.83. The Hall–Kier alpha value is -1.02. The molecular weight excluding hydrogens is 200 g/mol. The summed E-state index contributed by atoms with van der Waals surface area (Å²) in [5, 5.41) is 0. The predicted molar refractivity (Wildman–Crippen MR) is 62.9 cm³/mol. The molecule has 1 atom stereocenters. The van der Waals surface area contributed by atoms with Gasteiger partial charge in [-0.25, -0.2) is 0 Å². The molecule has 16 heavy (non-hydrogen) atoms. The van der Waals surface area contributed by atoms with Crippen molar-refractivity contribution in [2.45, 2.75) is 37.7 Å². The van der Waals surface area contributed by atoms with Gasteiger partial charge < -0.3 is 9.47 Å². The van der Waals surface area contributed by atoms with Crippen molar-refractivity contribution >= 4 is 0 Å². The molecule has 2 nitrogen and oxygen atoms in total. The van der Waals surface area contributed by atoms with E-state index in [0.29, 0.717) is 12.7 Å². The Labute approximate surface area is 96.6 Å². The highest BCUT2D eigenvalue weighted by Crippen LogP contribution is 2.34. The van der Waals surface area contributed by atoms with E-state index in [1.165, 1.54) is 31.2 Å².